The van der Waals surface area contributed by atoms with Crippen LogP contribution in [0.15, 0.2) is 30.3 Å². The second-order valence-electron chi connectivity index (χ2n) is 4.98. The number of anilines is 1. The molecule has 1 aliphatic rings. The molecule has 3 N–H and O–H groups in total. The highest BCUT2D eigenvalue weighted by molar-refractivity contribution is 5.95. The normalized spacial score (nSPS) is 22.1. The zero-order chi connectivity index (χ0) is 14.5. The van der Waals surface area contributed by atoms with E-state index >= 15 is 0 Å². The number of nitrogens with one attached hydrogen (secondary N) is 2. The van der Waals surface area contributed by atoms with E-state index in [1.165, 1.54) is 6.08 Å². The second-order valence-corrected chi connectivity index (χ2v) is 4.98. The molecule has 106 valence electrons. The lowest BCUT2D eigenvalue weighted by Gasteiger charge is -2.15. The Balaban J connectivity index is 2.04. The molecule has 1 heterocycles. The van der Waals surface area contributed by atoms with Crippen LogP contribution in [0.2, 0.25) is 0 Å². The van der Waals surface area contributed by atoms with Crippen LogP contribution in [0.3, 0.4) is 0 Å². The van der Waals surface area contributed by atoms with E-state index in [2.05, 4.69) is 17.6 Å². The SMILES string of the molecule is CC1CCNC1C(=O)Nc1cccc(/C=C/C(=O)O)c1. The van der Waals surface area contributed by atoms with Gasteiger partial charge in [-0.05, 0) is 42.7 Å². The van der Waals surface area contributed by atoms with Crippen LogP contribution in [0.4, 0.5) is 5.69 Å². The quantitative estimate of drug-likeness (QED) is 0.730. The van der Waals surface area contributed by atoms with Crippen LogP contribution in [0.5, 0.6) is 0 Å². The van der Waals surface area contributed by atoms with Crippen LogP contribution in [0.1, 0.15) is 18.9 Å². The molecule has 5 nitrogen and oxygen atoms in total. The Morgan fingerprint density at radius 3 is 2.90 bits per heavy atom. The Bertz CT molecular complexity index is 540. The van der Waals surface area contributed by atoms with E-state index in [1.54, 1.807) is 24.3 Å². The van der Waals surface area contributed by atoms with Crippen molar-refractivity contribution in [3.63, 3.8) is 0 Å². The third-order valence-electron chi connectivity index (χ3n) is 3.39. The molecule has 1 aromatic carbocycles. The first-order chi connectivity index (χ1) is 9.56. The molecule has 1 aromatic rings. The molecule has 1 saturated heterocycles. The summed E-state index contributed by atoms with van der Waals surface area (Å²) >= 11 is 0. The van der Waals surface area contributed by atoms with Crippen molar-refractivity contribution >= 4 is 23.6 Å². The minimum Gasteiger partial charge on any atom is -0.478 e. The average Bonchev–Trinajstić information content (AvgIpc) is 2.83. The monoisotopic (exact) mass is 274 g/mol. The molecule has 1 amide bonds. The Kier molecular flexibility index (Phi) is 4.53. The van der Waals surface area contributed by atoms with E-state index < -0.39 is 5.97 Å². The first-order valence-electron chi connectivity index (χ1n) is 6.61. The number of carbonyl (C=O) groups is 2. The molecular weight excluding hydrogens is 256 g/mol. The van der Waals surface area contributed by atoms with Crippen LogP contribution in [0.25, 0.3) is 6.08 Å². The van der Waals surface area contributed by atoms with E-state index in [1.807, 2.05) is 0 Å². The molecule has 0 bridgehead atoms. The highest BCUT2D eigenvalue weighted by atomic mass is 16.4. The standard InChI is InChI=1S/C15H18N2O3/c1-10-7-8-16-14(10)15(20)17-12-4-2-3-11(9-12)5-6-13(18)19/h2-6,9-10,14,16H,7-8H2,1H3,(H,17,20)(H,18,19)/b6-5+. The van der Waals surface area contributed by atoms with Crippen molar-refractivity contribution < 1.29 is 14.7 Å². The molecule has 0 aliphatic carbocycles. The number of carboxylic acids is 1. The maximum Gasteiger partial charge on any atom is 0.328 e. The van der Waals surface area contributed by atoms with Gasteiger partial charge >= 0.3 is 5.97 Å². The lowest BCUT2D eigenvalue weighted by molar-refractivity contribution is -0.131. The summed E-state index contributed by atoms with van der Waals surface area (Å²) in [6.07, 6.45) is 3.56. The van der Waals surface area contributed by atoms with Crippen molar-refractivity contribution in [3.8, 4) is 0 Å². The van der Waals surface area contributed by atoms with Gasteiger partial charge in [0.05, 0.1) is 6.04 Å². The highest BCUT2D eigenvalue weighted by Gasteiger charge is 2.29. The highest BCUT2D eigenvalue weighted by Crippen LogP contribution is 2.17. The van der Waals surface area contributed by atoms with Crippen molar-refractivity contribution in [1.82, 2.24) is 5.32 Å². The zero-order valence-corrected chi connectivity index (χ0v) is 11.3. The van der Waals surface area contributed by atoms with Gasteiger partial charge in [-0.25, -0.2) is 4.79 Å². The van der Waals surface area contributed by atoms with Gasteiger partial charge in [0.25, 0.3) is 0 Å². The third kappa shape index (κ3) is 3.68. The fourth-order valence-corrected chi connectivity index (χ4v) is 2.29. The van der Waals surface area contributed by atoms with Gasteiger partial charge in [0.1, 0.15) is 0 Å². The van der Waals surface area contributed by atoms with Crippen molar-refractivity contribution in [2.24, 2.45) is 5.92 Å². The number of hydrogen-bond donors (Lipinski definition) is 3. The number of benzene rings is 1. The zero-order valence-electron chi connectivity index (χ0n) is 11.3. The Hall–Kier alpha value is -2.14. The maximum atomic E-state index is 12.1. The molecule has 2 atom stereocenters. The predicted octanol–water partition coefficient (Wildman–Crippen LogP) is 1.72. The summed E-state index contributed by atoms with van der Waals surface area (Å²) < 4.78 is 0. The summed E-state index contributed by atoms with van der Waals surface area (Å²) in [6.45, 7) is 2.91. The van der Waals surface area contributed by atoms with Gasteiger partial charge in [0, 0.05) is 11.8 Å². The number of carboxylic acid groups (broad SMARTS) is 1. The van der Waals surface area contributed by atoms with Gasteiger partial charge < -0.3 is 15.7 Å². The van der Waals surface area contributed by atoms with E-state index in [4.69, 9.17) is 5.11 Å². The smallest absolute Gasteiger partial charge is 0.328 e. The van der Waals surface area contributed by atoms with Gasteiger partial charge in [0.2, 0.25) is 5.91 Å². The summed E-state index contributed by atoms with van der Waals surface area (Å²) in [4.78, 5) is 22.6. The van der Waals surface area contributed by atoms with Crippen LogP contribution < -0.4 is 10.6 Å². The van der Waals surface area contributed by atoms with Gasteiger partial charge in [-0.3, -0.25) is 4.79 Å². The molecule has 20 heavy (non-hydrogen) atoms. The fraction of sp³-hybridized carbons (Fsp3) is 0.333. The lowest BCUT2D eigenvalue weighted by Crippen LogP contribution is -2.39. The van der Waals surface area contributed by atoms with Crippen molar-refractivity contribution in [1.29, 1.82) is 0 Å². The van der Waals surface area contributed by atoms with E-state index in [0.717, 1.165) is 24.6 Å². The first kappa shape index (κ1) is 14.3. The van der Waals surface area contributed by atoms with Crippen molar-refractivity contribution in [2.45, 2.75) is 19.4 Å². The number of rotatable bonds is 4. The van der Waals surface area contributed by atoms with E-state index in [-0.39, 0.29) is 11.9 Å². The first-order valence-corrected chi connectivity index (χ1v) is 6.61. The second kappa shape index (κ2) is 6.34. The fourth-order valence-electron chi connectivity index (χ4n) is 2.29. The van der Waals surface area contributed by atoms with E-state index in [9.17, 15) is 9.59 Å². The minimum atomic E-state index is -0.997. The molecule has 1 aliphatic heterocycles. The van der Waals surface area contributed by atoms with Crippen LogP contribution in [0, 0.1) is 5.92 Å². The van der Waals surface area contributed by atoms with Crippen molar-refractivity contribution in [3.05, 3.63) is 35.9 Å². The third-order valence-corrected chi connectivity index (χ3v) is 3.39. The summed E-state index contributed by atoms with van der Waals surface area (Å²) in [5, 5.41) is 14.6. The molecule has 0 spiro atoms. The number of carbonyl (C=O) groups excluding carboxylic acids is 1. The predicted molar refractivity (Wildman–Crippen MR) is 77.3 cm³/mol. The summed E-state index contributed by atoms with van der Waals surface area (Å²) in [5.74, 6) is -0.720. The number of hydrogen-bond acceptors (Lipinski definition) is 3. The average molecular weight is 274 g/mol. The molecular formula is C15H18N2O3. The van der Waals surface area contributed by atoms with E-state index in [0.29, 0.717) is 11.6 Å². The van der Waals surface area contributed by atoms with Crippen LogP contribution in [-0.4, -0.2) is 29.6 Å². The number of aliphatic carboxylic acids is 1. The minimum absolute atomic E-state index is 0.0469. The molecule has 0 saturated carbocycles. The Morgan fingerprint density at radius 2 is 2.25 bits per heavy atom. The van der Waals surface area contributed by atoms with Crippen LogP contribution >= 0.6 is 0 Å². The van der Waals surface area contributed by atoms with Crippen molar-refractivity contribution in [2.75, 3.05) is 11.9 Å². The summed E-state index contributed by atoms with van der Waals surface area (Å²) in [5.41, 5.74) is 1.40. The molecule has 2 rings (SSSR count). The summed E-state index contributed by atoms with van der Waals surface area (Å²) in [7, 11) is 0. The summed E-state index contributed by atoms with van der Waals surface area (Å²) in [6, 6.07) is 6.94. The van der Waals surface area contributed by atoms with Gasteiger partial charge in [-0.1, -0.05) is 19.1 Å². The maximum absolute atomic E-state index is 12.1. The topological polar surface area (TPSA) is 78.4 Å². The Morgan fingerprint density at radius 1 is 1.45 bits per heavy atom. The van der Waals surface area contributed by atoms with Gasteiger partial charge in [-0.2, -0.15) is 0 Å². The molecule has 2 unspecified atom stereocenters. The van der Waals surface area contributed by atoms with Gasteiger partial charge in [-0.15, -0.1) is 0 Å². The molecule has 5 heteroatoms. The van der Waals surface area contributed by atoms with Gasteiger partial charge in [0.15, 0.2) is 0 Å². The molecule has 0 aromatic heterocycles. The molecule has 1 fully saturated rings. The number of amides is 1. The Labute approximate surface area is 117 Å². The molecule has 0 radical (unpaired) electrons. The largest absolute Gasteiger partial charge is 0.478 e. The lowest BCUT2D eigenvalue weighted by atomic mass is 10.0. The van der Waals surface area contributed by atoms with Crippen LogP contribution in [-0.2, 0) is 9.59 Å².